The van der Waals surface area contributed by atoms with Crippen molar-refractivity contribution in [2.45, 2.75) is 0 Å². The molecule has 0 heterocycles. The lowest BCUT2D eigenvalue weighted by Crippen LogP contribution is -2.29. The van der Waals surface area contributed by atoms with Crippen molar-refractivity contribution >= 4 is 17.1 Å². The second-order valence-electron chi connectivity index (χ2n) is 0.319. The normalized spacial score (nSPS) is 4.80. The van der Waals surface area contributed by atoms with Gasteiger partial charge in [0.2, 0.25) is 0 Å². The Bertz CT molecular complexity index is 32.6. The summed E-state index contributed by atoms with van der Waals surface area (Å²) in [6.45, 7) is 0. The summed E-state index contributed by atoms with van der Waals surface area (Å²) in [6.07, 6.45) is -1.58. The molecular weight excluding hydrogens is 86.1 g/mol. The smallest absolute Gasteiger partial charge is 0.131 e. The fourth-order valence-corrected chi connectivity index (χ4v) is 0. The Kier molecular flexibility index (Phi) is 6.15. The largest absolute Gasteiger partial charge is 0.530 e. The number of nitrogens with two attached hydrogens (primary N) is 1. The van der Waals surface area contributed by atoms with Crippen molar-refractivity contribution in [2.75, 3.05) is 0 Å². The molecule has 0 bridgehead atoms. The second kappa shape index (κ2) is 3.49. The van der Waals surface area contributed by atoms with Gasteiger partial charge in [-0.3, -0.25) is 0 Å². The first-order valence-electron chi connectivity index (χ1n) is 0.697. The molecular formula is CH2NO2Si-. The Morgan fingerprint density at radius 3 is 1.80 bits per heavy atom. The van der Waals surface area contributed by atoms with E-state index in [1.807, 2.05) is 0 Å². The summed E-state index contributed by atoms with van der Waals surface area (Å²) in [5.74, 6) is 0. The summed E-state index contributed by atoms with van der Waals surface area (Å²) in [5, 5.41) is 8.67. The highest BCUT2D eigenvalue weighted by Crippen LogP contribution is 1.23. The predicted octanol–water partition coefficient (Wildman–Crippen LogP) is -2.09. The van der Waals surface area contributed by atoms with Crippen LogP contribution < -0.4 is 10.8 Å². The molecule has 0 aliphatic rings. The average Bonchev–Trinajstić information content (AvgIpc) is 0.811. The highest BCUT2D eigenvalue weighted by atomic mass is 28.1. The van der Waals surface area contributed by atoms with Crippen LogP contribution in [0.3, 0.4) is 0 Å². The molecule has 28 valence electrons. The van der Waals surface area contributed by atoms with Crippen LogP contribution in [0, 0.1) is 0 Å². The van der Waals surface area contributed by atoms with Gasteiger partial charge < -0.3 is 15.6 Å². The van der Waals surface area contributed by atoms with Crippen LogP contribution in [0.1, 0.15) is 0 Å². The van der Waals surface area contributed by atoms with Crippen LogP contribution in [0.5, 0.6) is 0 Å². The molecule has 0 spiro atoms. The van der Waals surface area contributed by atoms with Crippen molar-refractivity contribution in [1.82, 2.24) is 0 Å². The average molecular weight is 88.1 g/mol. The van der Waals surface area contributed by atoms with Gasteiger partial charge >= 0.3 is 0 Å². The maximum Gasteiger partial charge on any atom is 0.131 e. The van der Waals surface area contributed by atoms with Gasteiger partial charge in [0.25, 0.3) is 0 Å². The summed E-state index contributed by atoms with van der Waals surface area (Å²) in [6, 6.07) is 0. The first kappa shape index (κ1) is 8.82. The van der Waals surface area contributed by atoms with Gasteiger partial charge in [-0.1, -0.05) is 0 Å². The molecule has 0 unspecified atom stereocenters. The van der Waals surface area contributed by atoms with Crippen molar-refractivity contribution in [1.29, 1.82) is 0 Å². The van der Waals surface area contributed by atoms with Gasteiger partial charge in [0.15, 0.2) is 0 Å². The van der Waals surface area contributed by atoms with E-state index in [0.717, 1.165) is 0 Å². The zero-order chi connectivity index (χ0) is 3.58. The van der Waals surface area contributed by atoms with Gasteiger partial charge in [-0.25, -0.2) is 0 Å². The van der Waals surface area contributed by atoms with Crippen molar-refractivity contribution < 1.29 is 9.90 Å². The lowest BCUT2D eigenvalue weighted by atomic mass is 11.3. The van der Waals surface area contributed by atoms with Crippen LogP contribution >= 0.6 is 0 Å². The molecule has 0 saturated carbocycles. The molecule has 1 amide bonds. The predicted molar refractivity (Wildman–Crippen MR) is 15.3 cm³/mol. The summed E-state index contributed by atoms with van der Waals surface area (Å²) in [7, 11) is 0. The zero-order valence-electron chi connectivity index (χ0n) is 2.39. The number of hydrogen-bond donors (Lipinski definition) is 1. The number of carbonyl (C=O) groups is 1. The number of carboxylic acid groups (broad SMARTS) is 1. The van der Waals surface area contributed by atoms with Crippen molar-refractivity contribution in [3.05, 3.63) is 0 Å². The topological polar surface area (TPSA) is 66.2 Å². The highest BCUT2D eigenvalue weighted by molar-refractivity contribution is 5.75. The first-order valence-corrected chi connectivity index (χ1v) is 0.697. The molecule has 2 N–H and O–H groups in total. The molecule has 5 heavy (non-hydrogen) atoms. The van der Waals surface area contributed by atoms with Crippen LogP contribution in [0.15, 0.2) is 0 Å². The second-order valence-corrected chi connectivity index (χ2v) is 0.319. The monoisotopic (exact) mass is 88.0 g/mol. The summed E-state index contributed by atoms with van der Waals surface area (Å²) >= 11 is 0. The number of carbonyl (C=O) groups excluding carboxylic acids is 1. The molecule has 0 aromatic heterocycles. The van der Waals surface area contributed by atoms with Crippen LogP contribution in [0.4, 0.5) is 4.79 Å². The minimum Gasteiger partial charge on any atom is -0.530 e. The number of hydrogen-bond acceptors (Lipinski definition) is 2. The van der Waals surface area contributed by atoms with Crippen molar-refractivity contribution in [2.24, 2.45) is 5.73 Å². The van der Waals surface area contributed by atoms with Crippen molar-refractivity contribution in [3.63, 3.8) is 0 Å². The zero-order valence-corrected chi connectivity index (χ0v) is 3.39. The van der Waals surface area contributed by atoms with E-state index in [2.05, 4.69) is 5.73 Å². The third-order valence-electron chi connectivity index (χ3n) is 0. The molecule has 0 aromatic carbocycles. The molecule has 0 atom stereocenters. The van der Waals surface area contributed by atoms with Crippen LogP contribution in [-0.2, 0) is 0 Å². The highest BCUT2D eigenvalue weighted by Gasteiger charge is 1.44. The van der Waals surface area contributed by atoms with E-state index in [1.165, 1.54) is 0 Å². The Morgan fingerprint density at radius 2 is 1.80 bits per heavy atom. The Hall–Kier alpha value is -0.513. The van der Waals surface area contributed by atoms with E-state index in [-0.39, 0.29) is 11.0 Å². The van der Waals surface area contributed by atoms with E-state index < -0.39 is 6.09 Å². The van der Waals surface area contributed by atoms with Gasteiger partial charge in [0, 0.05) is 11.0 Å². The van der Waals surface area contributed by atoms with Crippen LogP contribution in [0.25, 0.3) is 0 Å². The fourth-order valence-electron chi connectivity index (χ4n) is 0. The maximum absolute atomic E-state index is 8.67. The minimum absolute atomic E-state index is 0. The standard InChI is InChI=1S/CH3NO2.Si/c2-1(3)4;/h2H2,(H,3,4);/p-1. The third-order valence-corrected chi connectivity index (χ3v) is 0. The minimum atomic E-state index is -1.58. The molecule has 0 aliphatic carbocycles. The Balaban J connectivity index is 0. The van der Waals surface area contributed by atoms with E-state index in [1.54, 1.807) is 0 Å². The lowest BCUT2D eigenvalue weighted by Gasteiger charge is -1.78. The summed E-state index contributed by atoms with van der Waals surface area (Å²) < 4.78 is 0. The van der Waals surface area contributed by atoms with E-state index in [4.69, 9.17) is 9.90 Å². The van der Waals surface area contributed by atoms with Gasteiger partial charge in [-0.15, -0.1) is 0 Å². The van der Waals surface area contributed by atoms with Crippen LogP contribution in [-0.4, -0.2) is 17.1 Å². The molecule has 0 fully saturated rings. The molecule has 0 saturated heterocycles. The third kappa shape index (κ3) is 29.3. The van der Waals surface area contributed by atoms with Gasteiger partial charge in [-0.05, 0) is 0 Å². The summed E-state index contributed by atoms with van der Waals surface area (Å²) in [4.78, 5) is 8.67. The van der Waals surface area contributed by atoms with Gasteiger partial charge in [-0.2, -0.15) is 0 Å². The molecule has 0 rings (SSSR count). The molecule has 4 heteroatoms. The van der Waals surface area contributed by atoms with E-state index in [0.29, 0.717) is 0 Å². The SMILES string of the molecule is NC(=O)[O-].[Si]. The quantitative estimate of drug-likeness (QED) is 0.345. The first-order chi connectivity index (χ1) is 1.73. The van der Waals surface area contributed by atoms with Crippen molar-refractivity contribution in [3.8, 4) is 0 Å². The van der Waals surface area contributed by atoms with Gasteiger partial charge in [0.05, 0.1) is 0 Å². The molecule has 4 radical (unpaired) electrons. The molecule has 3 nitrogen and oxygen atoms in total. The van der Waals surface area contributed by atoms with E-state index >= 15 is 0 Å². The summed E-state index contributed by atoms with van der Waals surface area (Å²) in [5.41, 5.74) is 3.92. The number of rotatable bonds is 0. The van der Waals surface area contributed by atoms with Gasteiger partial charge in [0.1, 0.15) is 6.09 Å². The molecule has 0 aliphatic heterocycles. The van der Waals surface area contributed by atoms with E-state index in [9.17, 15) is 0 Å². The fraction of sp³-hybridized carbons (Fsp3) is 0. The maximum atomic E-state index is 8.67. The lowest BCUT2D eigenvalue weighted by molar-refractivity contribution is -0.245. The van der Waals surface area contributed by atoms with Crippen LogP contribution in [0.2, 0.25) is 0 Å². The Labute approximate surface area is 33.8 Å². The number of primary amides is 1. The Morgan fingerprint density at radius 1 is 1.80 bits per heavy atom. The molecule has 0 aromatic rings. The number of amides is 1.